The molecule has 0 radical (unpaired) electrons. The van der Waals surface area contributed by atoms with E-state index in [-0.39, 0.29) is 23.5 Å². The SMILES string of the molecule is CCOc1ccc(CN2C(=O)[C@@]3(SC(NC(C)=O)=NN3C(C)=O)c3cccc(Cl)c32)cc1. The largest absolute Gasteiger partial charge is 0.494 e. The molecule has 1 atom stereocenters. The first kappa shape index (κ1) is 22.2. The van der Waals surface area contributed by atoms with Gasteiger partial charge in [0.05, 0.1) is 23.9 Å². The van der Waals surface area contributed by atoms with Crippen molar-refractivity contribution in [2.45, 2.75) is 32.2 Å². The van der Waals surface area contributed by atoms with E-state index in [2.05, 4.69) is 10.4 Å². The van der Waals surface area contributed by atoms with Crippen LogP contribution in [0.15, 0.2) is 47.6 Å². The molecule has 0 fully saturated rings. The highest BCUT2D eigenvalue weighted by Gasteiger charge is 2.61. The Balaban J connectivity index is 1.77. The minimum atomic E-state index is -1.48. The van der Waals surface area contributed by atoms with Crippen molar-refractivity contribution >= 4 is 51.9 Å². The Morgan fingerprint density at radius 3 is 2.53 bits per heavy atom. The lowest BCUT2D eigenvalue weighted by Gasteiger charge is -2.29. The van der Waals surface area contributed by atoms with Crippen molar-refractivity contribution in [3.63, 3.8) is 0 Å². The van der Waals surface area contributed by atoms with E-state index in [1.807, 2.05) is 31.2 Å². The second-order valence-corrected chi connectivity index (χ2v) is 8.86. The molecule has 0 aliphatic carbocycles. The molecule has 1 N–H and O–H groups in total. The fraction of sp³-hybridized carbons (Fsp3) is 0.273. The van der Waals surface area contributed by atoms with Gasteiger partial charge in [0.25, 0.3) is 5.91 Å². The second kappa shape index (κ2) is 8.48. The number of anilines is 1. The molecule has 0 saturated carbocycles. The molecule has 0 aromatic heterocycles. The van der Waals surface area contributed by atoms with Crippen LogP contribution in [0.25, 0.3) is 0 Å². The molecule has 10 heteroatoms. The third-order valence-corrected chi connectivity index (χ3v) is 6.59. The maximum absolute atomic E-state index is 13.9. The first-order valence-electron chi connectivity index (χ1n) is 9.96. The van der Waals surface area contributed by atoms with Crippen molar-refractivity contribution in [3.05, 3.63) is 58.6 Å². The van der Waals surface area contributed by atoms with Gasteiger partial charge < -0.3 is 15.0 Å². The molecule has 2 aliphatic rings. The monoisotopic (exact) mass is 472 g/mol. The standard InChI is InChI=1S/C22H21ClN4O4S/c1-4-31-16-10-8-15(9-11-16)12-26-19-17(6-5-7-18(19)23)22(20(26)30)27(14(3)29)25-21(32-22)24-13(2)28/h5-11H,4,12H2,1-3H3,(H,24,25,28)/t22-/m0/s1. The van der Waals surface area contributed by atoms with Crippen molar-refractivity contribution in [2.75, 3.05) is 11.5 Å². The normalized spacial score (nSPS) is 19.2. The third kappa shape index (κ3) is 3.61. The number of carbonyl (C=O) groups is 3. The maximum atomic E-state index is 13.9. The van der Waals surface area contributed by atoms with Gasteiger partial charge in [0.2, 0.25) is 16.7 Å². The molecule has 8 nitrogen and oxygen atoms in total. The molecule has 2 heterocycles. The summed E-state index contributed by atoms with van der Waals surface area (Å²) in [6, 6.07) is 12.6. The number of rotatable bonds is 4. The summed E-state index contributed by atoms with van der Waals surface area (Å²) in [4.78, 5) is 38.1. The number of carbonyl (C=O) groups excluding carboxylic acids is 3. The smallest absolute Gasteiger partial charge is 0.271 e. The summed E-state index contributed by atoms with van der Waals surface area (Å²) in [5.41, 5.74) is 1.93. The summed E-state index contributed by atoms with van der Waals surface area (Å²) in [6.45, 7) is 5.38. The minimum Gasteiger partial charge on any atom is -0.494 e. The van der Waals surface area contributed by atoms with Crippen LogP contribution in [0, 0.1) is 0 Å². The Morgan fingerprint density at radius 1 is 1.19 bits per heavy atom. The molecule has 2 aromatic rings. The lowest BCUT2D eigenvalue weighted by molar-refractivity contribution is -0.139. The van der Waals surface area contributed by atoms with Crippen molar-refractivity contribution in [3.8, 4) is 5.75 Å². The zero-order valence-electron chi connectivity index (χ0n) is 17.7. The highest BCUT2D eigenvalue weighted by Crippen LogP contribution is 2.56. The number of amidine groups is 1. The van der Waals surface area contributed by atoms with E-state index in [1.165, 1.54) is 13.8 Å². The summed E-state index contributed by atoms with van der Waals surface area (Å²) in [7, 11) is 0. The number of thioether (sulfide) groups is 1. The van der Waals surface area contributed by atoms with Gasteiger partial charge in [0.1, 0.15) is 5.75 Å². The maximum Gasteiger partial charge on any atom is 0.271 e. The van der Waals surface area contributed by atoms with Crippen LogP contribution >= 0.6 is 23.4 Å². The lowest BCUT2D eigenvalue weighted by atomic mass is 10.1. The number of para-hydroxylation sites is 1. The summed E-state index contributed by atoms with van der Waals surface area (Å²) >= 11 is 7.56. The third-order valence-electron chi connectivity index (χ3n) is 5.05. The van der Waals surface area contributed by atoms with Crippen LogP contribution in [0.3, 0.4) is 0 Å². The first-order valence-corrected chi connectivity index (χ1v) is 11.2. The topological polar surface area (TPSA) is 91.3 Å². The number of halogens is 1. The number of hydrogen-bond acceptors (Lipinski definition) is 6. The fourth-order valence-electron chi connectivity index (χ4n) is 3.82. The molecule has 166 valence electrons. The van der Waals surface area contributed by atoms with E-state index >= 15 is 0 Å². The van der Waals surface area contributed by atoms with Gasteiger partial charge in [0.15, 0.2) is 5.17 Å². The zero-order chi connectivity index (χ0) is 23.0. The van der Waals surface area contributed by atoms with Crippen molar-refractivity contribution in [2.24, 2.45) is 5.10 Å². The van der Waals surface area contributed by atoms with Gasteiger partial charge in [-0.05, 0) is 42.4 Å². The molecule has 0 unspecified atom stereocenters. The van der Waals surface area contributed by atoms with Gasteiger partial charge in [-0.2, -0.15) is 5.01 Å². The molecule has 2 aliphatic heterocycles. The summed E-state index contributed by atoms with van der Waals surface area (Å²) in [5.74, 6) is -0.403. The molecule has 1 spiro atoms. The molecule has 0 saturated heterocycles. The highest BCUT2D eigenvalue weighted by atomic mass is 35.5. The lowest BCUT2D eigenvalue weighted by Crippen LogP contribution is -2.48. The Kier molecular flexibility index (Phi) is 5.87. The number of benzene rings is 2. The van der Waals surface area contributed by atoms with Gasteiger partial charge in [-0.15, -0.1) is 5.10 Å². The Morgan fingerprint density at radius 2 is 1.91 bits per heavy atom. The van der Waals surface area contributed by atoms with Gasteiger partial charge in [-0.1, -0.05) is 35.9 Å². The number of fused-ring (bicyclic) bond motifs is 2. The van der Waals surface area contributed by atoms with Crippen molar-refractivity contribution in [1.29, 1.82) is 0 Å². The zero-order valence-corrected chi connectivity index (χ0v) is 19.3. The van der Waals surface area contributed by atoms with E-state index in [4.69, 9.17) is 16.3 Å². The number of nitrogens with zero attached hydrogens (tertiary/aromatic N) is 3. The van der Waals surface area contributed by atoms with E-state index in [9.17, 15) is 14.4 Å². The van der Waals surface area contributed by atoms with Crippen LogP contribution in [0.1, 0.15) is 31.9 Å². The first-order chi connectivity index (χ1) is 15.3. The predicted molar refractivity (Wildman–Crippen MR) is 123 cm³/mol. The molecule has 4 rings (SSSR count). The molecule has 32 heavy (non-hydrogen) atoms. The number of amides is 3. The van der Waals surface area contributed by atoms with Crippen LogP contribution in [-0.4, -0.2) is 34.5 Å². The molecular formula is C22H21ClN4O4S. The number of hydrogen-bond donors (Lipinski definition) is 1. The van der Waals surface area contributed by atoms with Crippen LogP contribution < -0.4 is 15.0 Å². The highest BCUT2D eigenvalue weighted by molar-refractivity contribution is 8.15. The van der Waals surface area contributed by atoms with Crippen molar-refractivity contribution < 1.29 is 19.1 Å². The predicted octanol–water partition coefficient (Wildman–Crippen LogP) is 3.44. The molecule has 0 bridgehead atoms. The summed E-state index contributed by atoms with van der Waals surface area (Å²) in [5, 5.41) is 8.51. The van der Waals surface area contributed by atoms with Gasteiger partial charge in [-0.25, -0.2) is 0 Å². The number of nitrogens with one attached hydrogen (secondary N) is 1. The second-order valence-electron chi connectivity index (χ2n) is 7.27. The van der Waals surface area contributed by atoms with Gasteiger partial charge in [0, 0.05) is 19.4 Å². The Labute approximate surface area is 194 Å². The quantitative estimate of drug-likeness (QED) is 0.736. The average Bonchev–Trinajstić information content (AvgIpc) is 3.22. The number of hydrazone groups is 1. The van der Waals surface area contributed by atoms with Gasteiger partial charge in [-0.3, -0.25) is 14.4 Å². The van der Waals surface area contributed by atoms with E-state index in [1.54, 1.807) is 23.1 Å². The van der Waals surface area contributed by atoms with E-state index in [0.717, 1.165) is 28.1 Å². The van der Waals surface area contributed by atoms with Crippen LogP contribution in [0.5, 0.6) is 5.75 Å². The average molecular weight is 473 g/mol. The van der Waals surface area contributed by atoms with E-state index in [0.29, 0.717) is 22.9 Å². The summed E-state index contributed by atoms with van der Waals surface area (Å²) < 4.78 is 5.49. The molecule has 3 amide bonds. The van der Waals surface area contributed by atoms with Crippen LogP contribution in [0.2, 0.25) is 5.02 Å². The summed E-state index contributed by atoms with van der Waals surface area (Å²) in [6.07, 6.45) is 0. The van der Waals surface area contributed by atoms with Crippen LogP contribution in [-0.2, 0) is 25.8 Å². The molecule has 2 aromatic carbocycles. The van der Waals surface area contributed by atoms with Gasteiger partial charge >= 0.3 is 0 Å². The minimum absolute atomic E-state index is 0.176. The van der Waals surface area contributed by atoms with Crippen molar-refractivity contribution in [1.82, 2.24) is 10.3 Å². The Bertz CT molecular complexity index is 1140. The fourth-order valence-corrected chi connectivity index (χ4v) is 5.42. The molecular weight excluding hydrogens is 452 g/mol. The number of ether oxygens (including phenoxy) is 1. The van der Waals surface area contributed by atoms with E-state index < -0.39 is 10.8 Å². The Hall–Kier alpha value is -3.04. The van der Waals surface area contributed by atoms with Crippen LogP contribution in [0.4, 0.5) is 5.69 Å².